The summed E-state index contributed by atoms with van der Waals surface area (Å²) in [6.07, 6.45) is 0. The topological polar surface area (TPSA) is 46.6 Å². The molecule has 1 atom stereocenters. The summed E-state index contributed by atoms with van der Waals surface area (Å²) in [5, 5.41) is 0. The Morgan fingerprint density at radius 1 is 0.692 bits per heavy atom. The number of carbonyl (C=O) groups is 2. The Morgan fingerprint density at radius 3 is 1.77 bits per heavy atom. The normalized spacial score (nSPS) is 14.2. The van der Waals surface area contributed by atoms with Crippen molar-refractivity contribution >= 4 is 11.8 Å². The minimum atomic E-state index is -0.496. The van der Waals surface area contributed by atoms with Crippen LogP contribution >= 0.6 is 0 Å². The van der Waals surface area contributed by atoms with Crippen molar-refractivity contribution < 1.29 is 14.3 Å². The van der Waals surface area contributed by atoms with Gasteiger partial charge in [0.05, 0.1) is 17.2 Å². The van der Waals surface area contributed by atoms with Crippen LogP contribution in [0.3, 0.4) is 0 Å². The van der Waals surface area contributed by atoms with E-state index in [4.69, 9.17) is 4.74 Å². The van der Waals surface area contributed by atoms with Gasteiger partial charge < -0.3 is 4.74 Å². The van der Waals surface area contributed by atoms with E-state index in [0.29, 0.717) is 16.9 Å². The summed E-state index contributed by atoms with van der Waals surface area (Å²) in [6.45, 7) is 0.194. The Bertz CT molecular complexity index is 903. The van der Waals surface area contributed by atoms with Crippen LogP contribution < -0.4 is 4.74 Å². The van der Waals surface area contributed by atoms with E-state index in [2.05, 4.69) is 0 Å². The fourth-order valence-electron chi connectivity index (χ4n) is 3.18. The second kappa shape index (κ2) is 6.84. The number of nitrogens with zero attached hydrogens (tertiary/aromatic N) is 1. The van der Waals surface area contributed by atoms with E-state index >= 15 is 0 Å². The number of fused-ring (bicyclic) bond motifs is 1. The predicted octanol–water partition coefficient (Wildman–Crippen LogP) is 4.10. The molecule has 4 rings (SSSR count). The zero-order valence-corrected chi connectivity index (χ0v) is 14.0. The lowest BCUT2D eigenvalue weighted by Crippen LogP contribution is -2.37. The van der Waals surface area contributed by atoms with Gasteiger partial charge >= 0.3 is 0 Å². The molecule has 1 heterocycles. The average Bonchev–Trinajstić information content (AvgIpc) is 2.95. The number of hydrogen-bond acceptors (Lipinski definition) is 3. The predicted molar refractivity (Wildman–Crippen MR) is 98.1 cm³/mol. The van der Waals surface area contributed by atoms with Crippen LogP contribution in [0.4, 0.5) is 0 Å². The van der Waals surface area contributed by atoms with Gasteiger partial charge in [-0.05, 0) is 29.8 Å². The van der Waals surface area contributed by atoms with Crippen LogP contribution in [0.5, 0.6) is 5.75 Å². The van der Waals surface area contributed by atoms with E-state index in [9.17, 15) is 9.59 Å². The standard InChI is InChI=1S/C22H17NO3/c24-21-18-13-7-8-14-19(18)22(25)23(21)20(16-9-3-1-4-10-16)15-26-17-11-5-2-6-12-17/h1-14,20H,15H2. The van der Waals surface area contributed by atoms with Gasteiger partial charge in [0, 0.05) is 0 Å². The molecule has 4 nitrogen and oxygen atoms in total. The van der Waals surface area contributed by atoms with Crippen LogP contribution in [0, 0.1) is 0 Å². The molecule has 0 radical (unpaired) electrons. The number of carbonyl (C=O) groups excluding carboxylic acids is 2. The fraction of sp³-hybridized carbons (Fsp3) is 0.0909. The molecule has 1 aliphatic heterocycles. The first-order chi connectivity index (χ1) is 12.8. The van der Waals surface area contributed by atoms with Crippen LogP contribution in [0.2, 0.25) is 0 Å². The third-order valence-electron chi connectivity index (χ3n) is 4.47. The molecule has 0 bridgehead atoms. The quantitative estimate of drug-likeness (QED) is 0.655. The van der Waals surface area contributed by atoms with Crippen LogP contribution in [-0.2, 0) is 0 Å². The van der Waals surface area contributed by atoms with Crippen LogP contribution in [0.1, 0.15) is 32.3 Å². The minimum absolute atomic E-state index is 0.194. The van der Waals surface area contributed by atoms with E-state index in [1.54, 1.807) is 24.3 Å². The summed E-state index contributed by atoms with van der Waals surface area (Å²) in [5.41, 5.74) is 1.74. The number of amides is 2. The van der Waals surface area contributed by atoms with Crippen molar-refractivity contribution in [1.82, 2.24) is 4.90 Å². The van der Waals surface area contributed by atoms with Crippen LogP contribution in [0.15, 0.2) is 84.9 Å². The molecule has 0 spiro atoms. The molecule has 1 unspecified atom stereocenters. The van der Waals surface area contributed by atoms with Gasteiger partial charge in [-0.25, -0.2) is 0 Å². The zero-order valence-electron chi connectivity index (χ0n) is 14.0. The van der Waals surface area contributed by atoms with Gasteiger partial charge in [-0.15, -0.1) is 0 Å². The van der Waals surface area contributed by atoms with Crippen molar-refractivity contribution in [1.29, 1.82) is 0 Å². The summed E-state index contributed by atoms with van der Waals surface area (Å²) >= 11 is 0. The molecule has 26 heavy (non-hydrogen) atoms. The second-order valence-corrected chi connectivity index (χ2v) is 6.08. The lowest BCUT2D eigenvalue weighted by atomic mass is 10.1. The number of imide groups is 1. The molecule has 0 aliphatic carbocycles. The number of benzene rings is 3. The van der Waals surface area contributed by atoms with Gasteiger partial charge in [-0.2, -0.15) is 0 Å². The summed E-state index contributed by atoms with van der Waals surface area (Å²) in [7, 11) is 0. The number of para-hydroxylation sites is 1. The van der Waals surface area contributed by atoms with E-state index in [0.717, 1.165) is 5.56 Å². The molecule has 3 aromatic rings. The monoisotopic (exact) mass is 343 g/mol. The number of hydrogen-bond donors (Lipinski definition) is 0. The Balaban J connectivity index is 1.68. The van der Waals surface area contributed by atoms with Crippen LogP contribution in [-0.4, -0.2) is 23.3 Å². The number of rotatable bonds is 5. The summed E-state index contributed by atoms with van der Waals surface area (Å²) in [6, 6.07) is 25.3. The summed E-state index contributed by atoms with van der Waals surface area (Å²) in [5.74, 6) is 0.136. The summed E-state index contributed by atoms with van der Waals surface area (Å²) in [4.78, 5) is 27.1. The Hall–Kier alpha value is -3.40. The van der Waals surface area contributed by atoms with Crippen molar-refractivity contribution in [2.24, 2.45) is 0 Å². The molecule has 0 N–H and O–H groups in total. The molecular formula is C22H17NO3. The van der Waals surface area contributed by atoms with Crippen LogP contribution in [0.25, 0.3) is 0 Å². The highest BCUT2D eigenvalue weighted by molar-refractivity contribution is 6.21. The minimum Gasteiger partial charge on any atom is -0.491 e. The molecule has 4 heteroatoms. The third-order valence-corrected chi connectivity index (χ3v) is 4.47. The SMILES string of the molecule is O=C1c2ccccc2C(=O)N1C(COc1ccccc1)c1ccccc1. The van der Waals surface area contributed by atoms with Gasteiger partial charge in [0.25, 0.3) is 11.8 Å². The fourth-order valence-corrected chi connectivity index (χ4v) is 3.18. The van der Waals surface area contributed by atoms with E-state index in [1.165, 1.54) is 4.90 Å². The first-order valence-electron chi connectivity index (χ1n) is 8.45. The maximum absolute atomic E-state index is 12.9. The molecule has 2 amide bonds. The Morgan fingerprint density at radius 2 is 1.19 bits per heavy atom. The van der Waals surface area contributed by atoms with E-state index in [-0.39, 0.29) is 18.4 Å². The van der Waals surface area contributed by atoms with Crippen molar-refractivity contribution in [2.45, 2.75) is 6.04 Å². The Kier molecular flexibility index (Phi) is 4.23. The molecule has 3 aromatic carbocycles. The van der Waals surface area contributed by atoms with Crippen molar-refractivity contribution in [3.63, 3.8) is 0 Å². The number of ether oxygens (including phenoxy) is 1. The molecule has 1 aliphatic rings. The average molecular weight is 343 g/mol. The third kappa shape index (κ3) is 2.86. The highest BCUT2D eigenvalue weighted by Crippen LogP contribution is 2.32. The van der Waals surface area contributed by atoms with Gasteiger partial charge in [-0.3, -0.25) is 14.5 Å². The van der Waals surface area contributed by atoms with Crippen molar-refractivity contribution in [2.75, 3.05) is 6.61 Å². The first kappa shape index (κ1) is 16.1. The summed E-state index contributed by atoms with van der Waals surface area (Å²) < 4.78 is 5.88. The van der Waals surface area contributed by atoms with E-state index < -0.39 is 6.04 Å². The maximum atomic E-state index is 12.9. The highest BCUT2D eigenvalue weighted by Gasteiger charge is 2.40. The largest absolute Gasteiger partial charge is 0.491 e. The zero-order chi connectivity index (χ0) is 17.9. The highest BCUT2D eigenvalue weighted by atomic mass is 16.5. The first-order valence-corrected chi connectivity index (χ1v) is 8.45. The molecule has 0 fully saturated rings. The van der Waals surface area contributed by atoms with Gasteiger partial charge in [0.15, 0.2) is 0 Å². The maximum Gasteiger partial charge on any atom is 0.262 e. The van der Waals surface area contributed by atoms with Gasteiger partial charge in [0.2, 0.25) is 0 Å². The van der Waals surface area contributed by atoms with E-state index in [1.807, 2.05) is 60.7 Å². The smallest absolute Gasteiger partial charge is 0.262 e. The lowest BCUT2D eigenvalue weighted by molar-refractivity contribution is 0.0529. The molecular weight excluding hydrogens is 326 g/mol. The Labute approximate surface area is 151 Å². The molecule has 128 valence electrons. The van der Waals surface area contributed by atoms with Gasteiger partial charge in [-0.1, -0.05) is 60.7 Å². The molecule has 0 saturated heterocycles. The van der Waals surface area contributed by atoms with Crippen molar-refractivity contribution in [3.8, 4) is 5.75 Å². The van der Waals surface area contributed by atoms with Crippen molar-refractivity contribution in [3.05, 3.63) is 102 Å². The lowest BCUT2D eigenvalue weighted by Gasteiger charge is -2.26. The second-order valence-electron chi connectivity index (χ2n) is 6.08. The molecule has 0 aromatic heterocycles. The van der Waals surface area contributed by atoms with Gasteiger partial charge in [0.1, 0.15) is 12.4 Å². The molecule has 0 saturated carbocycles.